The Morgan fingerprint density at radius 3 is 1.70 bits per heavy atom. The van der Waals surface area contributed by atoms with E-state index in [9.17, 15) is 28.8 Å². The summed E-state index contributed by atoms with van der Waals surface area (Å²) in [6.45, 7) is 10.8. The van der Waals surface area contributed by atoms with Crippen molar-refractivity contribution >= 4 is 35.8 Å². The van der Waals surface area contributed by atoms with Gasteiger partial charge in [0, 0.05) is 11.1 Å². The average Bonchev–Trinajstić information content (AvgIpc) is 3.26. The number of carbonyl (C=O) groups is 6. The number of hydrogen-bond donors (Lipinski definition) is 0. The minimum absolute atomic E-state index is 0.0446. The molecule has 0 bridgehead atoms. The fourth-order valence-corrected chi connectivity index (χ4v) is 6.52. The highest BCUT2D eigenvalue weighted by Crippen LogP contribution is 2.34. The third kappa shape index (κ3) is 16.2. The Kier molecular flexibility index (Phi) is 20.4. The first-order valence-electron chi connectivity index (χ1n) is 20.3. The first kappa shape index (κ1) is 48.7. The van der Waals surface area contributed by atoms with Crippen LogP contribution in [0.4, 0.5) is 0 Å². The smallest absolute Gasteiger partial charge is 0.417 e. The lowest BCUT2D eigenvalue weighted by molar-refractivity contribution is -0.177. The molecule has 328 valence electrons. The molecule has 14 heteroatoms. The number of aryl methyl sites for hydroxylation is 1. The lowest BCUT2D eigenvalue weighted by atomic mass is 9.80. The molecule has 1 fully saturated rings. The van der Waals surface area contributed by atoms with E-state index in [1.165, 1.54) is 58.3 Å². The number of unbranched alkanes of at least 4 members (excludes halogenated alkanes) is 2. The van der Waals surface area contributed by atoms with Crippen molar-refractivity contribution in [1.29, 1.82) is 0 Å². The second-order valence-electron chi connectivity index (χ2n) is 15.3. The summed E-state index contributed by atoms with van der Waals surface area (Å²) in [5.74, 6) is -4.19. The van der Waals surface area contributed by atoms with Crippen LogP contribution in [0.3, 0.4) is 0 Å². The number of carbonyl (C=O) groups excluding carboxylic acids is 6. The molecule has 0 amide bonds. The van der Waals surface area contributed by atoms with E-state index < -0.39 is 67.7 Å². The number of rotatable bonds is 23. The number of hydrogen-bond acceptors (Lipinski definition) is 14. The van der Waals surface area contributed by atoms with E-state index in [1.807, 2.05) is 36.4 Å². The van der Waals surface area contributed by atoms with E-state index in [-0.39, 0.29) is 17.8 Å². The Balaban J connectivity index is 1.86. The van der Waals surface area contributed by atoms with Crippen molar-refractivity contribution < 1.29 is 66.7 Å². The Morgan fingerprint density at radius 1 is 0.617 bits per heavy atom. The van der Waals surface area contributed by atoms with Gasteiger partial charge < -0.3 is 37.9 Å². The molecule has 0 aliphatic heterocycles. The molecule has 0 aromatic heterocycles. The summed E-state index contributed by atoms with van der Waals surface area (Å²) < 4.78 is 42.5. The van der Waals surface area contributed by atoms with Gasteiger partial charge in [-0.2, -0.15) is 0 Å². The molecule has 3 rings (SSSR count). The second kappa shape index (κ2) is 25.1. The number of benzene rings is 2. The van der Waals surface area contributed by atoms with Crippen LogP contribution < -0.4 is 9.47 Å². The zero-order chi connectivity index (χ0) is 44.1. The van der Waals surface area contributed by atoms with Gasteiger partial charge in [-0.15, -0.1) is 0 Å². The molecule has 2 aromatic rings. The van der Waals surface area contributed by atoms with E-state index in [4.69, 9.17) is 28.4 Å². The molecule has 60 heavy (non-hydrogen) atoms. The van der Waals surface area contributed by atoms with Crippen LogP contribution in [0.15, 0.2) is 66.8 Å². The highest BCUT2D eigenvalue weighted by atomic mass is 16.6. The SMILES string of the molecule is C=C(C)C(=O)OCCCc1cc(-c2ccc(OCC3CCC(CCCCC)CC3)cc2)ccc1OCC(COC(=O)C(=C)C)(COC(=O)C(=O)OC)COC(=O)C(=O)OC. The highest BCUT2D eigenvalue weighted by Gasteiger charge is 2.39. The van der Waals surface area contributed by atoms with Gasteiger partial charge in [-0.25, -0.2) is 28.8 Å². The molecule has 1 aliphatic rings. The van der Waals surface area contributed by atoms with Crippen LogP contribution in [-0.2, 0) is 63.6 Å². The van der Waals surface area contributed by atoms with Gasteiger partial charge in [0.2, 0.25) is 0 Å². The zero-order valence-corrected chi connectivity index (χ0v) is 35.6. The Bertz CT molecular complexity index is 1760. The van der Waals surface area contributed by atoms with Crippen LogP contribution in [-0.4, -0.2) is 89.7 Å². The van der Waals surface area contributed by atoms with Crippen molar-refractivity contribution in [2.24, 2.45) is 17.3 Å². The largest absolute Gasteiger partial charge is 0.493 e. The quantitative estimate of drug-likeness (QED) is 0.0365. The minimum atomic E-state index is -1.67. The van der Waals surface area contributed by atoms with Crippen molar-refractivity contribution in [3.8, 4) is 22.6 Å². The Hall–Kier alpha value is -5.66. The van der Waals surface area contributed by atoms with Gasteiger partial charge in [-0.1, -0.05) is 76.8 Å². The number of esters is 6. The Morgan fingerprint density at radius 2 is 1.15 bits per heavy atom. The monoisotopic (exact) mass is 836 g/mol. The van der Waals surface area contributed by atoms with Crippen molar-refractivity contribution in [2.45, 2.75) is 85.0 Å². The van der Waals surface area contributed by atoms with E-state index >= 15 is 0 Å². The molecule has 0 unspecified atom stereocenters. The highest BCUT2D eigenvalue weighted by molar-refractivity contribution is 6.30. The summed E-state index contributed by atoms with van der Waals surface area (Å²) in [5, 5.41) is 0. The van der Waals surface area contributed by atoms with E-state index in [2.05, 4.69) is 29.6 Å². The fraction of sp³-hybridized carbons (Fsp3) is 0.522. The summed E-state index contributed by atoms with van der Waals surface area (Å²) in [7, 11) is 1.97. The first-order valence-corrected chi connectivity index (χ1v) is 20.3. The lowest BCUT2D eigenvalue weighted by Crippen LogP contribution is -2.45. The van der Waals surface area contributed by atoms with Crippen LogP contribution in [0, 0.1) is 17.3 Å². The van der Waals surface area contributed by atoms with Gasteiger partial charge in [0.05, 0.1) is 27.4 Å². The van der Waals surface area contributed by atoms with Gasteiger partial charge in [-0.3, -0.25) is 0 Å². The van der Waals surface area contributed by atoms with E-state index in [0.717, 1.165) is 37.0 Å². The maximum Gasteiger partial charge on any atom is 0.417 e. The van der Waals surface area contributed by atoms with Gasteiger partial charge in [0.15, 0.2) is 0 Å². The predicted octanol–water partition coefficient (Wildman–Crippen LogP) is 7.09. The van der Waals surface area contributed by atoms with Gasteiger partial charge in [0.1, 0.15) is 43.3 Å². The topological polar surface area (TPSA) is 176 Å². The van der Waals surface area contributed by atoms with Gasteiger partial charge in [-0.05, 0) is 92.3 Å². The van der Waals surface area contributed by atoms with Gasteiger partial charge in [0.25, 0.3) is 0 Å². The standard InChI is InChI=1S/C46H60O14/c1-8-9-10-12-33-14-16-34(17-15-33)26-56-38-21-18-35(19-22-38)36-20-23-39(37(25-36)13-11-24-55-40(47)31(2)3)57-27-46(28-58-41(48)32(4)5,29-59-44(51)42(49)53-6)30-60-45(52)43(50)54-7/h18-23,25,33-34H,2,4,8-17,24,26-30H2,1,3,5-7H3. The molecule has 0 spiro atoms. The summed E-state index contributed by atoms with van der Waals surface area (Å²) >= 11 is 0. The average molecular weight is 837 g/mol. The molecule has 14 nitrogen and oxygen atoms in total. The first-order chi connectivity index (χ1) is 28.7. The summed E-state index contributed by atoms with van der Waals surface area (Å²) in [5.41, 5.74) is 1.09. The van der Waals surface area contributed by atoms with Crippen LogP contribution in [0.25, 0.3) is 11.1 Å². The maximum absolute atomic E-state index is 12.5. The molecule has 2 aromatic carbocycles. The molecule has 0 radical (unpaired) electrons. The molecule has 0 heterocycles. The van der Waals surface area contributed by atoms with Crippen molar-refractivity contribution in [1.82, 2.24) is 0 Å². The number of methoxy groups -OCH3 is 2. The van der Waals surface area contributed by atoms with E-state index in [1.54, 1.807) is 13.0 Å². The zero-order valence-electron chi connectivity index (χ0n) is 35.6. The van der Waals surface area contributed by atoms with Gasteiger partial charge >= 0.3 is 35.8 Å². The van der Waals surface area contributed by atoms with E-state index in [0.29, 0.717) is 36.7 Å². The molecule has 0 N–H and O–H groups in total. The summed E-state index contributed by atoms with van der Waals surface area (Å²) in [6.07, 6.45) is 10.9. The Labute approximate surface area is 352 Å². The molecular weight excluding hydrogens is 776 g/mol. The molecule has 0 saturated heterocycles. The second-order valence-corrected chi connectivity index (χ2v) is 15.3. The molecule has 1 saturated carbocycles. The fourth-order valence-electron chi connectivity index (χ4n) is 6.52. The summed E-state index contributed by atoms with van der Waals surface area (Å²) in [4.78, 5) is 73.1. The third-order valence-corrected chi connectivity index (χ3v) is 10.2. The van der Waals surface area contributed by atoms with Crippen LogP contribution in [0.1, 0.15) is 84.1 Å². The normalized spacial score (nSPS) is 14.8. The van der Waals surface area contributed by atoms with Crippen LogP contribution >= 0.6 is 0 Å². The predicted molar refractivity (Wildman–Crippen MR) is 221 cm³/mol. The third-order valence-electron chi connectivity index (χ3n) is 10.2. The van der Waals surface area contributed by atoms with Crippen LogP contribution in [0.5, 0.6) is 11.5 Å². The minimum Gasteiger partial charge on any atom is -0.493 e. The molecule has 1 aliphatic carbocycles. The van der Waals surface area contributed by atoms with Crippen molar-refractivity contribution in [2.75, 3.05) is 53.9 Å². The maximum atomic E-state index is 12.5. The van der Waals surface area contributed by atoms with Crippen LogP contribution in [0.2, 0.25) is 0 Å². The van der Waals surface area contributed by atoms with Crippen molar-refractivity contribution in [3.63, 3.8) is 0 Å². The summed E-state index contributed by atoms with van der Waals surface area (Å²) in [6, 6.07) is 13.3. The molecular formula is C46H60O14. The lowest BCUT2D eigenvalue weighted by Gasteiger charge is -2.32. The molecule has 0 atom stereocenters. The van der Waals surface area contributed by atoms with Crippen molar-refractivity contribution in [3.05, 3.63) is 72.3 Å². The number of ether oxygens (including phenoxy) is 8.